The zero-order valence-corrected chi connectivity index (χ0v) is 11.1. The Morgan fingerprint density at radius 3 is 2.63 bits per heavy atom. The van der Waals surface area contributed by atoms with Gasteiger partial charge >= 0.3 is 0 Å². The molecule has 4 nitrogen and oxygen atoms in total. The lowest BCUT2D eigenvalue weighted by Gasteiger charge is -2.07. The van der Waals surface area contributed by atoms with Crippen LogP contribution >= 0.6 is 0 Å². The first-order valence-corrected chi connectivity index (χ1v) is 7.22. The molecule has 0 spiro atoms. The molecule has 0 atom stereocenters. The van der Waals surface area contributed by atoms with E-state index in [1.807, 2.05) is 6.92 Å². The molecule has 1 heterocycles. The number of rotatable bonds is 3. The fourth-order valence-corrected chi connectivity index (χ4v) is 3.15. The van der Waals surface area contributed by atoms with E-state index in [-0.39, 0.29) is 16.3 Å². The summed E-state index contributed by atoms with van der Waals surface area (Å²) in [5, 5.41) is 0. The van der Waals surface area contributed by atoms with Gasteiger partial charge < -0.3 is 5.73 Å². The molecule has 0 fully saturated rings. The van der Waals surface area contributed by atoms with Crippen molar-refractivity contribution in [3.63, 3.8) is 0 Å². The largest absolute Gasteiger partial charge is 0.399 e. The first-order valence-electron chi connectivity index (χ1n) is 5.57. The summed E-state index contributed by atoms with van der Waals surface area (Å²) in [5.41, 5.74) is 6.96. The molecule has 0 saturated heterocycles. The van der Waals surface area contributed by atoms with Crippen LogP contribution < -0.4 is 5.73 Å². The van der Waals surface area contributed by atoms with Gasteiger partial charge in [-0.2, -0.15) is 0 Å². The zero-order chi connectivity index (χ0) is 14.0. The number of aromatic nitrogens is 1. The lowest BCUT2D eigenvalue weighted by Crippen LogP contribution is -2.08. The van der Waals surface area contributed by atoms with E-state index >= 15 is 0 Å². The molecule has 0 saturated carbocycles. The number of aryl methyl sites for hydroxylation is 1. The first-order chi connectivity index (χ1) is 8.88. The third-order valence-corrected chi connectivity index (χ3v) is 4.29. The standard InChI is InChI=1S/C13H13FN2O2S/c1-9-4-10(7-16-6-9)8-19(17,18)13-3-2-11(15)5-12(13)14/h2-7H,8,15H2,1H3. The molecule has 6 heteroatoms. The van der Waals surface area contributed by atoms with Gasteiger partial charge in [-0.15, -0.1) is 0 Å². The molecule has 2 aromatic rings. The number of pyridine rings is 1. The van der Waals surface area contributed by atoms with E-state index < -0.39 is 15.7 Å². The summed E-state index contributed by atoms with van der Waals surface area (Å²) in [6.45, 7) is 1.81. The van der Waals surface area contributed by atoms with Crippen LogP contribution in [0.25, 0.3) is 0 Å². The first kappa shape index (κ1) is 13.5. The number of hydrogen-bond donors (Lipinski definition) is 1. The summed E-state index contributed by atoms with van der Waals surface area (Å²) in [5.74, 6) is -1.12. The average Bonchev–Trinajstić information content (AvgIpc) is 2.27. The minimum atomic E-state index is -3.75. The Labute approximate surface area is 111 Å². The smallest absolute Gasteiger partial charge is 0.185 e. The molecule has 0 aliphatic heterocycles. The van der Waals surface area contributed by atoms with Crippen molar-refractivity contribution in [2.75, 3.05) is 5.73 Å². The van der Waals surface area contributed by atoms with Crippen LogP contribution in [0.1, 0.15) is 11.1 Å². The summed E-state index contributed by atoms with van der Waals surface area (Å²) in [6.07, 6.45) is 3.08. The molecule has 2 N–H and O–H groups in total. The molecule has 19 heavy (non-hydrogen) atoms. The Morgan fingerprint density at radius 2 is 2.00 bits per heavy atom. The number of nitrogens with zero attached hydrogens (tertiary/aromatic N) is 1. The average molecular weight is 280 g/mol. The normalized spacial score (nSPS) is 11.5. The molecule has 0 unspecified atom stereocenters. The molecule has 0 radical (unpaired) electrons. The van der Waals surface area contributed by atoms with Gasteiger partial charge in [-0.05, 0) is 36.2 Å². The maximum Gasteiger partial charge on any atom is 0.185 e. The SMILES string of the molecule is Cc1cncc(CS(=O)(=O)c2ccc(N)cc2F)c1. The summed E-state index contributed by atoms with van der Waals surface area (Å²) < 4.78 is 37.9. The molecular weight excluding hydrogens is 267 g/mol. The van der Waals surface area contributed by atoms with E-state index in [9.17, 15) is 12.8 Å². The maximum absolute atomic E-state index is 13.7. The van der Waals surface area contributed by atoms with Gasteiger partial charge in [0.15, 0.2) is 9.84 Å². The lowest BCUT2D eigenvalue weighted by molar-refractivity contribution is 0.567. The molecule has 1 aromatic carbocycles. The number of benzene rings is 1. The van der Waals surface area contributed by atoms with Gasteiger partial charge in [-0.1, -0.05) is 6.07 Å². The predicted molar refractivity (Wildman–Crippen MR) is 70.7 cm³/mol. The summed E-state index contributed by atoms with van der Waals surface area (Å²) in [4.78, 5) is 3.58. The van der Waals surface area contributed by atoms with E-state index in [4.69, 9.17) is 5.73 Å². The van der Waals surface area contributed by atoms with Crippen LogP contribution in [-0.2, 0) is 15.6 Å². The number of nitrogens with two attached hydrogens (primary N) is 1. The lowest BCUT2D eigenvalue weighted by atomic mass is 10.2. The molecule has 0 bridgehead atoms. The highest BCUT2D eigenvalue weighted by Gasteiger charge is 2.20. The Kier molecular flexibility index (Phi) is 3.53. The molecular formula is C13H13FN2O2S. The molecule has 100 valence electrons. The predicted octanol–water partition coefficient (Wildman–Crippen LogP) is 2.09. The van der Waals surface area contributed by atoms with Crippen LogP contribution in [0.15, 0.2) is 41.6 Å². The van der Waals surface area contributed by atoms with Crippen molar-refractivity contribution in [2.24, 2.45) is 0 Å². The molecule has 0 aliphatic rings. The van der Waals surface area contributed by atoms with Crippen molar-refractivity contribution >= 4 is 15.5 Å². The second kappa shape index (κ2) is 4.97. The Morgan fingerprint density at radius 1 is 1.26 bits per heavy atom. The Hall–Kier alpha value is -1.95. The van der Waals surface area contributed by atoms with Gasteiger partial charge in [0.1, 0.15) is 10.7 Å². The summed E-state index contributed by atoms with van der Waals surface area (Å²) in [7, 11) is -3.75. The highest BCUT2D eigenvalue weighted by Crippen LogP contribution is 2.21. The van der Waals surface area contributed by atoms with Crippen molar-refractivity contribution in [2.45, 2.75) is 17.6 Å². The van der Waals surface area contributed by atoms with E-state index in [1.54, 1.807) is 12.3 Å². The Bertz CT molecular complexity index is 714. The minimum Gasteiger partial charge on any atom is -0.399 e. The summed E-state index contributed by atoms with van der Waals surface area (Å²) >= 11 is 0. The Balaban J connectivity index is 2.38. The second-order valence-electron chi connectivity index (χ2n) is 4.32. The molecule has 0 amide bonds. The number of nitrogen functional groups attached to an aromatic ring is 1. The van der Waals surface area contributed by atoms with Gasteiger partial charge in [0, 0.05) is 18.1 Å². The summed E-state index contributed by atoms with van der Waals surface area (Å²) in [6, 6.07) is 5.26. The van der Waals surface area contributed by atoms with Crippen molar-refractivity contribution in [1.82, 2.24) is 4.98 Å². The van der Waals surface area contributed by atoms with E-state index in [2.05, 4.69) is 4.98 Å². The quantitative estimate of drug-likeness (QED) is 0.874. The van der Waals surface area contributed by atoms with Crippen LogP contribution in [0.4, 0.5) is 10.1 Å². The van der Waals surface area contributed by atoms with Gasteiger partial charge in [0.2, 0.25) is 0 Å². The second-order valence-corrected chi connectivity index (χ2v) is 6.28. The van der Waals surface area contributed by atoms with Crippen LogP contribution in [0.2, 0.25) is 0 Å². The fourth-order valence-electron chi connectivity index (χ4n) is 1.76. The molecule has 0 aliphatic carbocycles. The maximum atomic E-state index is 13.7. The van der Waals surface area contributed by atoms with Crippen LogP contribution in [0.5, 0.6) is 0 Å². The number of halogens is 1. The van der Waals surface area contributed by atoms with Crippen LogP contribution in [0, 0.1) is 12.7 Å². The minimum absolute atomic E-state index is 0.189. The van der Waals surface area contributed by atoms with Gasteiger partial charge in [-0.25, -0.2) is 12.8 Å². The third kappa shape index (κ3) is 3.08. The van der Waals surface area contributed by atoms with Crippen molar-refractivity contribution in [3.05, 3.63) is 53.6 Å². The van der Waals surface area contributed by atoms with Crippen LogP contribution in [0.3, 0.4) is 0 Å². The third-order valence-electron chi connectivity index (χ3n) is 2.58. The van der Waals surface area contributed by atoms with Gasteiger partial charge in [0.25, 0.3) is 0 Å². The van der Waals surface area contributed by atoms with E-state index in [0.29, 0.717) is 5.56 Å². The van der Waals surface area contributed by atoms with Crippen LogP contribution in [-0.4, -0.2) is 13.4 Å². The molecule has 1 aromatic heterocycles. The van der Waals surface area contributed by atoms with Crippen molar-refractivity contribution < 1.29 is 12.8 Å². The monoisotopic (exact) mass is 280 g/mol. The van der Waals surface area contributed by atoms with E-state index in [1.165, 1.54) is 18.3 Å². The van der Waals surface area contributed by atoms with Gasteiger partial charge in [0.05, 0.1) is 5.75 Å². The highest BCUT2D eigenvalue weighted by atomic mass is 32.2. The van der Waals surface area contributed by atoms with Crippen molar-refractivity contribution in [3.8, 4) is 0 Å². The highest BCUT2D eigenvalue weighted by molar-refractivity contribution is 7.90. The number of anilines is 1. The fraction of sp³-hybridized carbons (Fsp3) is 0.154. The topological polar surface area (TPSA) is 73.0 Å². The molecule has 2 rings (SSSR count). The van der Waals surface area contributed by atoms with E-state index in [0.717, 1.165) is 11.6 Å². The number of sulfone groups is 1. The van der Waals surface area contributed by atoms with Gasteiger partial charge in [-0.3, -0.25) is 4.98 Å². The number of hydrogen-bond acceptors (Lipinski definition) is 4. The van der Waals surface area contributed by atoms with Crippen molar-refractivity contribution in [1.29, 1.82) is 0 Å². The zero-order valence-electron chi connectivity index (χ0n) is 10.3.